The van der Waals surface area contributed by atoms with Crippen LogP contribution in [-0.4, -0.2) is 16.2 Å². The number of hydrogen-bond donors (Lipinski definition) is 0. The van der Waals surface area contributed by atoms with Gasteiger partial charge in [0.2, 0.25) is 0 Å². The second-order valence-corrected chi connectivity index (χ2v) is 7.73. The molecule has 0 saturated carbocycles. The van der Waals surface area contributed by atoms with E-state index in [2.05, 4.69) is 10.2 Å². The van der Waals surface area contributed by atoms with Crippen LogP contribution in [0, 0.1) is 5.82 Å². The second kappa shape index (κ2) is 6.79. The third-order valence-corrected chi connectivity index (χ3v) is 6.08. The number of carbonyl (C=O) groups is 1. The zero-order chi connectivity index (χ0) is 18.3. The van der Waals surface area contributed by atoms with Crippen LogP contribution in [0.5, 0.6) is 0 Å². The summed E-state index contributed by atoms with van der Waals surface area (Å²) in [5.74, 6) is -0.464. The number of hydrogen-bond acceptors (Lipinski definition) is 7. The summed E-state index contributed by atoms with van der Waals surface area (Å²) in [5, 5.41) is 10.6. The second-order valence-electron chi connectivity index (χ2n) is 5.36. The van der Waals surface area contributed by atoms with Crippen LogP contribution < -0.4 is 0 Å². The summed E-state index contributed by atoms with van der Waals surface area (Å²) in [6.07, 6.45) is -0.748. The normalized spacial score (nSPS) is 12.4. The van der Waals surface area contributed by atoms with Gasteiger partial charge in [0.05, 0.1) is 9.90 Å². The Bertz CT molecular complexity index is 1090. The highest BCUT2D eigenvalue weighted by atomic mass is 35.5. The van der Waals surface area contributed by atoms with Crippen LogP contribution in [0.15, 0.2) is 40.1 Å². The van der Waals surface area contributed by atoms with Gasteiger partial charge in [-0.05, 0) is 36.6 Å². The number of ether oxygens (including phenoxy) is 1. The van der Waals surface area contributed by atoms with Crippen molar-refractivity contribution in [3.63, 3.8) is 0 Å². The first kappa shape index (κ1) is 17.1. The molecule has 0 N–H and O–H groups in total. The van der Waals surface area contributed by atoms with Crippen LogP contribution in [0.4, 0.5) is 4.39 Å². The standard InChI is InChI=1S/C17H10ClFN2O3S2/c1-8(15-20-21-16(24-15)11-3-2-6-25-11)23-17(22)14-13(18)10-5-4-9(19)7-12(10)26-14/h2-8H,1H3/t8-/m0/s1. The van der Waals surface area contributed by atoms with Crippen LogP contribution in [0.2, 0.25) is 5.02 Å². The zero-order valence-corrected chi connectivity index (χ0v) is 15.6. The highest BCUT2D eigenvalue weighted by Gasteiger charge is 2.24. The number of nitrogens with zero attached hydrogens (tertiary/aromatic N) is 2. The molecule has 0 aliphatic carbocycles. The summed E-state index contributed by atoms with van der Waals surface area (Å²) in [4.78, 5) is 13.5. The summed E-state index contributed by atoms with van der Waals surface area (Å²) in [5.41, 5.74) is 0. The molecule has 3 aromatic heterocycles. The molecule has 9 heteroatoms. The highest BCUT2D eigenvalue weighted by Crippen LogP contribution is 2.37. The van der Waals surface area contributed by atoms with E-state index in [9.17, 15) is 9.18 Å². The number of benzene rings is 1. The molecule has 0 saturated heterocycles. The molecule has 0 fully saturated rings. The average molecular weight is 409 g/mol. The molecular weight excluding hydrogens is 399 g/mol. The number of rotatable bonds is 4. The van der Waals surface area contributed by atoms with E-state index >= 15 is 0 Å². The summed E-state index contributed by atoms with van der Waals surface area (Å²) in [7, 11) is 0. The van der Waals surface area contributed by atoms with E-state index in [-0.39, 0.29) is 15.8 Å². The van der Waals surface area contributed by atoms with Gasteiger partial charge in [0, 0.05) is 10.1 Å². The number of thiophene rings is 2. The maximum absolute atomic E-state index is 13.3. The molecule has 26 heavy (non-hydrogen) atoms. The van der Waals surface area contributed by atoms with Crippen LogP contribution in [0.1, 0.15) is 28.6 Å². The summed E-state index contributed by atoms with van der Waals surface area (Å²) >= 11 is 8.78. The third-order valence-electron chi connectivity index (χ3n) is 3.58. The first-order chi connectivity index (χ1) is 12.5. The predicted molar refractivity (Wildman–Crippen MR) is 98.2 cm³/mol. The Hall–Kier alpha value is -2.29. The first-order valence-corrected chi connectivity index (χ1v) is 9.56. The fourth-order valence-corrected chi connectivity index (χ4v) is 4.39. The molecule has 5 nitrogen and oxygen atoms in total. The number of aromatic nitrogens is 2. The summed E-state index contributed by atoms with van der Waals surface area (Å²) in [6, 6.07) is 7.89. The fraction of sp³-hybridized carbons (Fsp3) is 0.118. The molecule has 1 atom stereocenters. The van der Waals surface area contributed by atoms with Gasteiger partial charge in [-0.15, -0.1) is 32.9 Å². The van der Waals surface area contributed by atoms with E-state index in [1.54, 1.807) is 6.92 Å². The Morgan fingerprint density at radius 2 is 2.19 bits per heavy atom. The van der Waals surface area contributed by atoms with Crippen molar-refractivity contribution in [2.24, 2.45) is 0 Å². The molecule has 0 aliphatic rings. The SMILES string of the molecule is C[C@H](OC(=O)c1sc2cc(F)ccc2c1Cl)c1nnc(-c2cccs2)o1. The van der Waals surface area contributed by atoms with Crippen molar-refractivity contribution in [3.8, 4) is 10.8 Å². The molecule has 1 aromatic carbocycles. The average Bonchev–Trinajstić information content (AvgIpc) is 3.34. The molecule has 0 radical (unpaired) electrons. The molecule has 4 aromatic rings. The van der Waals surface area contributed by atoms with E-state index in [4.69, 9.17) is 20.8 Å². The molecule has 0 amide bonds. The minimum absolute atomic E-state index is 0.185. The largest absolute Gasteiger partial charge is 0.448 e. The monoisotopic (exact) mass is 408 g/mol. The van der Waals surface area contributed by atoms with E-state index < -0.39 is 17.9 Å². The lowest BCUT2D eigenvalue weighted by atomic mass is 10.2. The number of fused-ring (bicyclic) bond motifs is 1. The van der Waals surface area contributed by atoms with Crippen LogP contribution in [0.3, 0.4) is 0 Å². The molecular formula is C17H10ClFN2O3S2. The number of halogens is 2. The molecule has 0 bridgehead atoms. The van der Waals surface area contributed by atoms with Crippen LogP contribution >= 0.6 is 34.3 Å². The van der Waals surface area contributed by atoms with Crippen molar-refractivity contribution in [1.82, 2.24) is 10.2 Å². The van der Waals surface area contributed by atoms with Gasteiger partial charge in [-0.1, -0.05) is 17.7 Å². The van der Waals surface area contributed by atoms with Gasteiger partial charge in [-0.25, -0.2) is 9.18 Å². The van der Waals surface area contributed by atoms with Gasteiger partial charge in [-0.2, -0.15) is 0 Å². The Balaban J connectivity index is 1.55. The van der Waals surface area contributed by atoms with E-state index in [1.165, 1.54) is 29.5 Å². The summed E-state index contributed by atoms with van der Waals surface area (Å²) in [6.45, 7) is 1.63. The molecule has 0 unspecified atom stereocenters. The van der Waals surface area contributed by atoms with Crippen molar-refractivity contribution in [2.45, 2.75) is 13.0 Å². The highest BCUT2D eigenvalue weighted by molar-refractivity contribution is 7.21. The topological polar surface area (TPSA) is 65.2 Å². The number of esters is 1. The summed E-state index contributed by atoms with van der Waals surface area (Å²) < 4.78 is 24.9. The molecule has 0 aliphatic heterocycles. The molecule has 4 rings (SSSR count). The van der Waals surface area contributed by atoms with Crippen molar-refractivity contribution < 1.29 is 18.3 Å². The zero-order valence-electron chi connectivity index (χ0n) is 13.2. The lowest BCUT2D eigenvalue weighted by molar-refractivity contribution is 0.0286. The van der Waals surface area contributed by atoms with Crippen LogP contribution in [-0.2, 0) is 4.74 Å². The molecule has 132 valence electrons. The van der Waals surface area contributed by atoms with Gasteiger partial charge >= 0.3 is 5.97 Å². The predicted octanol–water partition coefficient (Wildman–Crippen LogP) is 5.72. The van der Waals surface area contributed by atoms with Gasteiger partial charge in [0.1, 0.15) is 10.7 Å². The van der Waals surface area contributed by atoms with Gasteiger partial charge in [0.25, 0.3) is 11.8 Å². The molecule has 3 heterocycles. The van der Waals surface area contributed by atoms with Crippen molar-refractivity contribution in [1.29, 1.82) is 0 Å². The molecule has 0 spiro atoms. The van der Waals surface area contributed by atoms with Crippen molar-refractivity contribution in [2.75, 3.05) is 0 Å². The smallest absolute Gasteiger partial charge is 0.350 e. The minimum Gasteiger partial charge on any atom is -0.448 e. The van der Waals surface area contributed by atoms with E-state index in [1.807, 2.05) is 17.5 Å². The van der Waals surface area contributed by atoms with E-state index in [0.717, 1.165) is 16.2 Å². The quantitative estimate of drug-likeness (QED) is 0.404. The Labute approximate surface area is 160 Å². The maximum atomic E-state index is 13.3. The lowest BCUT2D eigenvalue weighted by Crippen LogP contribution is -2.08. The van der Waals surface area contributed by atoms with Gasteiger partial charge in [0.15, 0.2) is 6.10 Å². The minimum atomic E-state index is -0.748. The Morgan fingerprint density at radius 3 is 2.96 bits per heavy atom. The van der Waals surface area contributed by atoms with Gasteiger partial charge < -0.3 is 9.15 Å². The fourth-order valence-electron chi connectivity index (χ4n) is 2.33. The van der Waals surface area contributed by atoms with Crippen molar-refractivity contribution >= 4 is 50.3 Å². The number of carbonyl (C=O) groups excluding carboxylic acids is 1. The third kappa shape index (κ3) is 3.11. The maximum Gasteiger partial charge on any atom is 0.350 e. The lowest BCUT2D eigenvalue weighted by Gasteiger charge is -2.08. The van der Waals surface area contributed by atoms with Crippen molar-refractivity contribution in [3.05, 3.63) is 57.3 Å². The van der Waals surface area contributed by atoms with E-state index in [0.29, 0.717) is 16.0 Å². The first-order valence-electron chi connectivity index (χ1n) is 7.48. The Morgan fingerprint density at radius 1 is 1.35 bits per heavy atom. The van der Waals surface area contributed by atoms with Gasteiger partial charge in [-0.3, -0.25) is 0 Å². The van der Waals surface area contributed by atoms with Crippen LogP contribution in [0.25, 0.3) is 20.9 Å². The Kier molecular flexibility index (Phi) is 4.47.